The molecule has 0 saturated carbocycles. The first-order valence-electron chi connectivity index (χ1n) is 6.54. The minimum atomic E-state index is -1.26. The molecular formula is C12H24O5S. The van der Waals surface area contributed by atoms with Gasteiger partial charge in [-0.25, -0.2) is 0 Å². The van der Waals surface area contributed by atoms with Crippen LogP contribution in [-0.4, -0.2) is 62.6 Å². The lowest BCUT2D eigenvalue weighted by molar-refractivity contribution is -0.205. The van der Waals surface area contributed by atoms with Gasteiger partial charge in [-0.3, -0.25) is 0 Å². The fourth-order valence-corrected chi connectivity index (χ4v) is 3.12. The Hall–Kier alpha value is 0.150. The lowest BCUT2D eigenvalue weighted by Crippen LogP contribution is -2.57. The molecule has 0 amide bonds. The van der Waals surface area contributed by atoms with Gasteiger partial charge in [-0.05, 0) is 12.2 Å². The third-order valence-electron chi connectivity index (χ3n) is 3.13. The van der Waals surface area contributed by atoms with E-state index in [9.17, 15) is 15.3 Å². The van der Waals surface area contributed by atoms with E-state index >= 15 is 0 Å². The summed E-state index contributed by atoms with van der Waals surface area (Å²) in [6, 6.07) is 0. The molecule has 1 heterocycles. The highest BCUT2D eigenvalue weighted by molar-refractivity contribution is 7.99. The zero-order chi connectivity index (χ0) is 13.5. The Balaban J connectivity index is 2.35. The first kappa shape index (κ1) is 16.2. The van der Waals surface area contributed by atoms with Gasteiger partial charge in [-0.15, -0.1) is 11.8 Å². The maximum atomic E-state index is 9.79. The molecule has 0 aromatic rings. The Morgan fingerprint density at radius 2 is 1.72 bits per heavy atom. The van der Waals surface area contributed by atoms with E-state index in [0.717, 1.165) is 18.6 Å². The maximum absolute atomic E-state index is 9.79. The molecule has 1 saturated heterocycles. The molecule has 1 rings (SSSR count). The second kappa shape index (κ2) is 8.35. The van der Waals surface area contributed by atoms with Crippen molar-refractivity contribution in [3.8, 4) is 0 Å². The molecule has 1 fully saturated rings. The molecule has 0 aliphatic carbocycles. The molecule has 4 N–H and O–H groups in total. The Morgan fingerprint density at radius 1 is 1.00 bits per heavy atom. The molecule has 1 aliphatic rings. The van der Waals surface area contributed by atoms with E-state index in [1.165, 1.54) is 24.6 Å². The molecular weight excluding hydrogens is 256 g/mol. The van der Waals surface area contributed by atoms with Crippen molar-refractivity contribution in [1.29, 1.82) is 0 Å². The third kappa shape index (κ3) is 4.36. The zero-order valence-corrected chi connectivity index (χ0v) is 11.6. The van der Waals surface area contributed by atoms with Crippen LogP contribution < -0.4 is 0 Å². The monoisotopic (exact) mass is 280 g/mol. The van der Waals surface area contributed by atoms with E-state index in [4.69, 9.17) is 9.84 Å². The van der Waals surface area contributed by atoms with Gasteiger partial charge in [0.15, 0.2) is 0 Å². The largest absolute Gasteiger partial charge is 0.394 e. The third-order valence-corrected chi connectivity index (χ3v) is 4.37. The Kier molecular flexibility index (Phi) is 7.51. The van der Waals surface area contributed by atoms with E-state index in [0.29, 0.717) is 0 Å². The van der Waals surface area contributed by atoms with Crippen LogP contribution in [0.1, 0.15) is 32.6 Å². The lowest BCUT2D eigenvalue weighted by Gasteiger charge is -2.39. The molecule has 0 radical (unpaired) electrons. The second-order valence-corrected chi connectivity index (χ2v) is 5.83. The van der Waals surface area contributed by atoms with E-state index < -0.39 is 29.9 Å². The molecule has 1 aliphatic heterocycles. The minimum Gasteiger partial charge on any atom is -0.394 e. The molecule has 0 aromatic carbocycles. The van der Waals surface area contributed by atoms with Crippen LogP contribution in [0, 0.1) is 0 Å². The summed E-state index contributed by atoms with van der Waals surface area (Å²) in [6.07, 6.45) is 0.107. The zero-order valence-electron chi connectivity index (χ0n) is 10.7. The molecule has 6 heteroatoms. The number of rotatable bonds is 7. The second-order valence-electron chi connectivity index (χ2n) is 4.63. The summed E-state index contributed by atoms with van der Waals surface area (Å²) in [5.74, 6) is 0.836. The summed E-state index contributed by atoms with van der Waals surface area (Å²) in [4.78, 5) is 0. The van der Waals surface area contributed by atoms with Gasteiger partial charge in [-0.1, -0.05) is 26.2 Å². The van der Waals surface area contributed by atoms with Crippen LogP contribution in [0.5, 0.6) is 0 Å². The molecule has 0 aromatic heterocycles. The highest BCUT2D eigenvalue weighted by Crippen LogP contribution is 2.29. The molecule has 5 nitrogen and oxygen atoms in total. The standard InChI is InChI=1S/C12H24O5S/c1-2-3-4-5-6-18-12-11(16)10(15)9(14)8(7-13)17-12/h8-16H,2-7H2,1H3/t8?,9-,10?,11?,12-/m0/s1. The summed E-state index contributed by atoms with van der Waals surface area (Å²) < 4.78 is 5.39. The van der Waals surface area contributed by atoms with Crippen molar-refractivity contribution in [2.24, 2.45) is 0 Å². The van der Waals surface area contributed by atoms with E-state index in [1.54, 1.807) is 0 Å². The van der Waals surface area contributed by atoms with Gasteiger partial charge in [0.1, 0.15) is 29.9 Å². The van der Waals surface area contributed by atoms with Crippen molar-refractivity contribution < 1.29 is 25.2 Å². The van der Waals surface area contributed by atoms with Gasteiger partial charge in [0, 0.05) is 0 Å². The van der Waals surface area contributed by atoms with Crippen molar-refractivity contribution in [2.75, 3.05) is 12.4 Å². The van der Waals surface area contributed by atoms with Crippen molar-refractivity contribution in [1.82, 2.24) is 0 Å². The normalized spacial score (nSPS) is 36.8. The Bertz CT molecular complexity index is 227. The van der Waals surface area contributed by atoms with Gasteiger partial charge in [0.25, 0.3) is 0 Å². The molecule has 0 spiro atoms. The SMILES string of the molecule is CCCCCCS[C@@H]1OC(CO)[C@H](O)C(O)C1O. The quantitative estimate of drug-likeness (QED) is 0.495. The van der Waals surface area contributed by atoms with Crippen molar-refractivity contribution in [3.63, 3.8) is 0 Å². The van der Waals surface area contributed by atoms with Gasteiger partial charge in [-0.2, -0.15) is 0 Å². The molecule has 5 atom stereocenters. The van der Waals surface area contributed by atoms with Crippen LogP contribution in [-0.2, 0) is 4.74 Å². The number of ether oxygens (including phenoxy) is 1. The fourth-order valence-electron chi connectivity index (χ4n) is 1.93. The van der Waals surface area contributed by atoms with Gasteiger partial charge in [0.05, 0.1) is 6.61 Å². The van der Waals surface area contributed by atoms with Crippen LogP contribution in [0.25, 0.3) is 0 Å². The maximum Gasteiger partial charge on any atom is 0.132 e. The van der Waals surface area contributed by atoms with Crippen LogP contribution in [0.4, 0.5) is 0 Å². The summed E-state index contributed by atoms with van der Waals surface area (Å²) in [5.41, 5.74) is -0.581. The van der Waals surface area contributed by atoms with Crippen molar-refractivity contribution >= 4 is 11.8 Å². The number of aliphatic hydroxyl groups is 4. The Morgan fingerprint density at radius 3 is 2.33 bits per heavy atom. The number of hydrogen-bond acceptors (Lipinski definition) is 6. The number of hydrogen-bond donors (Lipinski definition) is 4. The first-order valence-corrected chi connectivity index (χ1v) is 7.58. The van der Waals surface area contributed by atoms with Crippen molar-refractivity contribution in [3.05, 3.63) is 0 Å². The molecule has 0 bridgehead atoms. The summed E-state index contributed by atoms with van der Waals surface area (Å²) in [7, 11) is 0. The highest BCUT2D eigenvalue weighted by atomic mass is 32.2. The number of aliphatic hydroxyl groups excluding tert-OH is 4. The molecule has 108 valence electrons. The minimum absolute atomic E-state index is 0.363. The predicted octanol–water partition coefficient (Wildman–Crippen LogP) is 0.0998. The topological polar surface area (TPSA) is 90.2 Å². The van der Waals surface area contributed by atoms with Gasteiger partial charge >= 0.3 is 0 Å². The van der Waals surface area contributed by atoms with Gasteiger partial charge < -0.3 is 25.2 Å². The van der Waals surface area contributed by atoms with E-state index in [1.807, 2.05) is 0 Å². The lowest BCUT2D eigenvalue weighted by atomic mass is 10.0. The molecule has 3 unspecified atom stereocenters. The van der Waals surface area contributed by atoms with Crippen LogP contribution in [0.15, 0.2) is 0 Å². The van der Waals surface area contributed by atoms with Gasteiger partial charge in [0.2, 0.25) is 0 Å². The predicted molar refractivity (Wildman–Crippen MR) is 70.4 cm³/mol. The summed E-state index contributed by atoms with van der Waals surface area (Å²) in [6.45, 7) is 1.78. The van der Waals surface area contributed by atoms with Crippen LogP contribution in [0.2, 0.25) is 0 Å². The summed E-state index contributed by atoms with van der Waals surface area (Å²) >= 11 is 1.43. The average Bonchev–Trinajstić information content (AvgIpc) is 2.38. The Labute approximate surface area is 112 Å². The number of unbranched alkanes of at least 4 members (excludes halogenated alkanes) is 3. The first-order chi connectivity index (χ1) is 8.61. The fraction of sp³-hybridized carbons (Fsp3) is 1.00. The van der Waals surface area contributed by atoms with E-state index in [2.05, 4.69) is 6.92 Å². The average molecular weight is 280 g/mol. The van der Waals surface area contributed by atoms with Crippen LogP contribution in [0.3, 0.4) is 0 Å². The number of thioether (sulfide) groups is 1. The smallest absolute Gasteiger partial charge is 0.132 e. The van der Waals surface area contributed by atoms with Crippen molar-refractivity contribution in [2.45, 2.75) is 62.5 Å². The van der Waals surface area contributed by atoms with E-state index in [-0.39, 0.29) is 6.61 Å². The molecule has 18 heavy (non-hydrogen) atoms. The summed E-state index contributed by atoms with van der Waals surface area (Å²) in [5, 5.41) is 38.0. The van der Waals surface area contributed by atoms with Crippen LogP contribution >= 0.6 is 11.8 Å². The highest BCUT2D eigenvalue weighted by Gasteiger charge is 2.43.